The van der Waals surface area contributed by atoms with E-state index in [0.717, 1.165) is 0 Å². The highest BCUT2D eigenvalue weighted by atomic mass is 32.2. The van der Waals surface area contributed by atoms with E-state index >= 15 is 0 Å². The van der Waals surface area contributed by atoms with Crippen LogP contribution in [-0.2, 0) is 24.1 Å². The Morgan fingerprint density at radius 2 is 2.00 bits per heavy atom. The number of alkyl carbamates (subject to hydrolysis) is 1. The highest BCUT2D eigenvalue weighted by Crippen LogP contribution is 2.29. The van der Waals surface area contributed by atoms with E-state index in [1.165, 1.54) is 0 Å². The summed E-state index contributed by atoms with van der Waals surface area (Å²) < 4.78 is 34.7. The topological polar surface area (TPSA) is 122 Å². The number of ether oxygens (including phenoxy) is 2. The standard InChI is InChI=1S/C16H28N2O7S/c1-16(2,3)25-15(21)17-13-9-26(22,23)7-6-11-4-5-12(8-24-10-19)18(11)14(13)20/h11-13,19H,4-10H2,1-3H3,(H,17,21)/t11-,12+,13+/m1/s1. The first kappa shape index (κ1) is 20.9. The fourth-order valence-corrected chi connectivity index (χ4v) is 4.95. The molecule has 2 fully saturated rings. The van der Waals surface area contributed by atoms with Crippen LogP contribution in [0.3, 0.4) is 0 Å². The van der Waals surface area contributed by atoms with Gasteiger partial charge in [0.25, 0.3) is 0 Å². The Kier molecular flexibility index (Phi) is 6.51. The van der Waals surface area contributed by atoms with E-state index in [1.807, 2.05) is 0 Å². The van der Waals surface area contributed by atoms with Crippen molar-refractivity contribution in [2.24, 2.45) is 0 Å². The van der Waals surface area contributed by atoms with Gasteiger partial charge in [0, 0.05) is 6.04 Å². The average Bonchev–Trinajstić information content (AvgIpc) is 2.89. The molecule has 0 aliphatic carbocycles. The molecule has 0 spiro atoms. The Bertz CT molecular complexity index is 629. The summed E-state index contributed by atoms with van der Waals surface area (Å²) in [7, 11) is -3.48. The molecule has 3 atom stereocenters. The predicted molar refractivity (Wildman–Crippen MR) is 93.1 cm³/mol. The van der Waals surface area contributed by atoms with Crippen LogP contribution in [0.25, 0.3) is 0 Å². The van der Waals surface area contributed by atoms with Crippen molar-refractivity contribution in [2.75, 3.05) is 24.9 Å². The zero-order valence-corrected chi connectivity index (χ0v) is 16.3. The van der Waals surface area contributed by atoms with Gasteiger partial charge in [0.15, 0.2) is 9.84 Å². The molecule has 0 bridgehead atoms. The SMILES string of the molecule is CC(C)(C)OC(=O)N[C@H]1CS(=O)(=O)CC[C@H]2CC[C@@H](COCO)N2C1=O. The largest absolute Gasteiger partial charge is 0.444 e. The first-order chi connectivity index (χ1) is 12.0. The molecule has 2 amide bonds. The van der Waals surface area contributed by atoms with E-state index in [4.69, 9.17) is 14.6 Å². The number of sulfone groups is 1. The molecule has 0 aromatic heterocycles. The van der Waals surface area contributed by atoms with Gasteiger partial charge in [-0.2, -0.15) is 0 Å². The monoisotopic (exact) mass is 392 g/mol. The molecule has 0 saturated carbocycles. The number of nitrogens with zero attached hydrogens (tertiary/aromatic N) is 1. The van der Waals surface area contributed by atoms with Gasteiger partial charge < -0.3 is 24.8 Å². The van der Waals surface area contributed by atoms with Crippen LogP contribution in [0, 0.1) is 0 Å². The van der Waals surface area contributed by atoms with Crippen molar-refractivity contribution in [1.82, 2.24) is 10.2 Å². The molecule has 0 radical (unpaired) electrons. The zero-order chi connectivity index (χ0) is 19.5. The molecule has 150 valence electrons. The summed E-state index contributed by atoms with van der Waals surface area (Å²) in [6, 6.07) is -1.66. The molecule has 26 heavy (non-hydrogen) atoms. The molecular weight excluding hydrogens is 364 g/mol. The van der Waals surface area contributed by atoms with Gasteiger partial charge in [0.05, 0.1) is 24.2 Å². The van der Waals surface area contributed by atoms with Crippen LogP contribution in [-0.4, -0.2) is 79.1 Å². The Balaban J connectivity index is 2.20. The Hall–Kier alpha value is -1.39. The van der Waals surface area contributed by atoms with Crippen LogP contribution in [0.1, 0.15) is 40.0 Å². The lowest BCUT2D eigenvalue weighted by atomic mass is 10.1. The Morgan fingerprint density at radius 1 is 1.31 bits per heavy atom. The number of rotatable bonds is 4. The molecule has 0 aromatic carbocycles. The normalized spacial score (nSPS) is 28.8. The molecule has 0 aromatic rings. The highest BCUT2D eigenvalue weighted by Gasteiger charge is 2.43. The van der Waals surface area contributed by atoms with Gasteiger partial charge in [-0.25, -0.2) is 13.2 Å². The van der Waals surface area contributed by atoms with Crippen molar-refractivity contribution in [1.29, 1.82) is 0 Å². The van der Waals surface area contributed by atoms with Crippen molar-refractivity contribution in [3.63, 3.8) is 0 Å². The predicted octanol–water partition coefficient (Wildman–Crippen LogP) is 0.0242. The van der Waals surface area contributed by atoms with E-state index in [2.05, 4.69) is 5.32 Å². The summed E-state index contributed by atoms with van der Waals surface area (Å²) >= 11 is 0. The van der Waals surface area contributed by atoms with Crippen molar-refractivity contribution in [3.8, 4) is 0 Å². The van der Waals surface area contributed by atoms with E-state index < -0.39 is 46.0 Å². The fourth-order valence-electron chi connectivity index (χ4n) is 3.41. The molecule has 2 aliphatic rings. The molecule has 2 saturated heterocycles. The van der Waals surface area contributed by atoms with Crippen molar-refractivity contribution in [2.45, 2.75) is 63.8 Å². The number of fused-ring (bicyclic) bond motifs is 1. The van der Waals surface area contributed by atoms with Gasteiger partial charge in [-0.1, -0.05) is 0 Å². The van der Waals surface area contributed by atoms with Gasteiger partial charge in [0.2, 0.25) is 5.91 Å². The number of amides is 2. The van der Waals surface area contributed by atoms with Gasteiger partial charge in [-0.05, 0) is 40.0 Å². The lowest BCUT2D eigenvalue weighted by Gasteiger charge is -2.35. The maximum atomic E-state index is 13.0. The van der Waals surface area contributed by atoms with E-state index in [0.29, 0.717) is 19.3 Å². The maximum absolute atomic E-state index is 13.0. The number of carbonyl (C=O) groups excluding carboxylic acids is 2. The van der Waals surface area contributed by atoms with Crippen molar-refractivity contribution in [3.05, 3.63) is 0 Å². The summed E-state index contributed by atoms with van der Waals surface area (Å²) in [4.78, 5) is 26.7. The summed E-state index contributed by atoms with van der Waals surface area (Å²) in [5.41, 5.74) is -0.763. The molecule has 2 N–H and O–H groups in total. The van der Waals surface area contributed by atoms with Crippen LogP contribution >= 0.6 is 0 Å². The molecular formula is C16H28N2O7S. The molecule has 10 heteroatoms. The average molecular weight is 392 g/mol. The van der Waals surface area contributed by atoms with Crippen LogP contribution in [0.5, 0.6) is 0 Å². The zero-order valence-electron chi connectivity index (χ0n) is 15.4. The quantitative estimate of drug-likeness (QED) is 0.647. The lowest BCUT2D eigenvalue weighted by Crippen LogP contribution is -2.57. The summed E-state index contributed by atoms with van der Waals surface area (Å²) in [5, 5.41) is 11.3. The van der Waals surface area contributed by atoms with Crippen LogP contribution in [0.15, 0.2) is 0 Å². The van der Waals surface area contributed by atoms with E-state index in [9.17, 15) is 18.0 Å². The summed E-state index contributed by atoms with van der Waals surface area (Å²) in [6.45, 7) is 4.77. The Morgan fingerprint density at radius 3 is 2.62 bits per heavy atom. The summed E-state index contributed by atoms with van der Waals surface area (Å²) in [5.74, 6) is -0.947. The van der Waals surface area contributed by atoms with Gasteiger partial charge >= 0.3 is 6.09 Å². The highest BCUT2D eigenvalue weighted by molar-refractivity contribution is 7.91. The molecule has 2 heterocycles. The van der Waals surface area contributed by atoms with Crippen LogP contribution in [0.2, 0.25) is 0 Å². The first-order valence-corrected chi connectivity index (χ1v) is 10.6. The third kappa shape index (κ3) is 5.55. The molecule has 2 aliphatic heterocycles. The van der Waals surface area contributed by atoms with Crippen molar-refractivity contribution >= 4 is 21.8 Å². The number of carbonyl (C=O) groups is 2. The van der Waals surface area contributed by atoms with Gasteiger partial charge in [0.1, 0.15) is 18.4 Å². The van der Waals surface area contributed by atoms with E-state index in [-0.39, 0.29) is 24.4 Å². The Labute approximate surface area is 153 Å². The third-order valence-electron chi connectivity index (χ3n) is 4.45. The number of hydrogen-bond acceptors (Lipinski definition) is 7. The number of nitrogens with one attached hydrogen (secondary N) is 1. The smallest absolute Gasteiger partial charge is 0.408 e. The second-order valence-corrected chi connectivity index (χ2v) is 9.96. The third-order valence-corrected chi connectivity index (χ3v) is 6.15. The van der Waals surface area contributed by atoms with E-state index in [1.54, 1.807) is 25.7 Å². The number of aliphatic hydroxyl groups excluding tert-OH is 1. The van der Waals surface area contributed by atoms with Crippen LogP contribution in [0.4, 0.5) is 4.79 Å². The van der Waals surface area contributed by atoms with Gasteiger partial charge in [-0.3, -0.25) is 4.79 Å². The summed E-state index contributed by atoms with van der Waals surface area (Å²) in [6.07, 6.45) is 0.865. The van der Waals surface area contributed by atoms with Crippen molar-refractivity contribution < 1.29 is 32.6 Å². The van der Waals surface area contributed by atoms with Gasteiger partial charge in [-0.15, -0.1) is 0 Å². The second-order valence-electron chi connectivity index (χ2n) is 7.73. The lowest BCUT2D eigenvalue weighted by molar-refractivity contribution is -0.138. The maximum Gasteiger partial charge on any atom is 0.408 e. The van der Waals surface area contributed by atoms with Crippen LogP contribution < -0.4 is 5.32 Å². The minimum atomic E-state index is -3.48. The minimum absolute atomic E-state index is 0.0402. The molecule has 2 rings (SSSR count). The second kappa shape index (κ2) is 8.10. The molecule has 0 unspecified atom stereocenters. The first-order valence-electron chi connectivity index (χ1n) is 8.73. The number of aliphatic hydroxyl groups is 1. The fraction of sp³-hybridized carbons (Fsp3) is 0.875. The number of hydrogen-bond donors (Lipinski definition) is 2. The minimum Gasteiger partial charge on any atom is -0.444 e. The molecule has 9 nitrogen and oxygen atoms in total.